The molecule has 1 aromatic carbocycles. The fourth-order valence-electron chi connectivity index (χ4n) is 0.475. The van der Waals surface area contributed by atoms with Crippen molar-refractivity contribution < 1.29 is 33.9 Å². The molecule has 1 aromatic rings. The molecule has 0 aliphatic rings. The van der Waals surface area contributed by atoms with Gasteiger partial charge in [-0.2, -0.15) is 0 Å². The maximum atomic E-state index is 12.0. The van der Waals surface area contributed by atoms with Crippen LogP contribution in [0.5, 0.6) is 0 Å². The first kappa shape index (κ1) is 12.0. The van der Waals surface area contributed by atoms with E-state index < -0.39 is 23.3 Å². The summed E-state index contributed by atoms with van der Waals surface area (Å²) in [5.74, 6) is -6.15. The fourth-order valence-corrected chi connectivity index (χ4v) is 0.475. The van der Waals surface area contributed by atoms with Crippen molar-refractivity contribution in [3.8, 4) is 0 Å². The molecule has 0 spiro atoms. The van der Waals surface area contributed by atoms with Gasteiger partial charge in [0.2, 0.25) is 0 Å². The van der Waals surface area contributed by atoms with Crippen LogP contribution < -0.4 is 0 Å². The van der Waals surface area contributed by atoms with Gasteiger partial charge in [0.25, 0.3) is 0 Å². The molecule has 0 saturated heterocycles. The average Bonchev–Trinajstić information content (AvgIpc) is 2.04. The van der Waals surface area contributed by atoms with Crippen molar-refractivity contribution in [3.63, 3.8) is 0 Å². The van der Waals surface area contributed by atoms with Crippen molar-refractivity contribution in [1.29, 1.82) is 0 Å². The van der Waals surface area contributed by atoms with E-state index in [1.807, 2.05) is 0 Å². The predicted octanol–water partition coefficient (Wildman–Crippen LogP) is 2.89. The second-order valence-electron chi connectivity index (χ2n) is 1.59. The van der Waals surface area contributed by atoms with Crippen LogP contribution in [0.4, 0.5) is 17.6 Å². The Morgan fingerprint density at radius 2 is 1.67 bits per heavy atom. The minimum atomic E-state index is -1.71. The Balaban J connectivity index is 0.000000561. The third kappa shape index (κ3) is 3.19. The summed E-state index contributed by atoms with van der Waals surface area (Å²) in [6.07, 6.45) is 0. The molecule has 0 amide bonds. The zero-order valence-electron chi connectivity index (χ0n) is 5.67. The number of halogens is 5. The van der Waals surface area contributed by atoms with Crippen LogP contribution in [-0.4, -0.2) is 0 Å². The third-order valence-electron chi connectivity index (χ3n) is 0.885. The summed E-state index contributed by atoms with van der Waals surface area (Å²) >= 11 is 4.25. The van der Waals surface area contributed by atoms with Gasteiger partial charge in [-0.15, -0.1) is 6.07 Å². The number of hydrogen-bond donors (Lipinski definition) is 0. The number of hydrogen-bond acceptors (Lipinski definition) is 0. The summed E-state index contributed by atoms with van der Waals surface area (Å²) in [5.41, 5.74) is 0. The van der Waals surface area contributed by atoms with E-state index in [0.29, 0.717) is 0 Å². The first-order valence-electron chi connectivity index (χ1n) is 2.60. The zero-order valence-corrected chi connectivity index (χ0v) is 10.2. The van der Waals surface area contributed by atoms with Gasteiger partial charge in [-0.05, 0) is 0 Å². The minimum absolute atomic E-state index is 0.221. The maximum absolute atomic E-state index is 12.0. The van der Waals surface area contributed by atoms with Crippen molar-refractivity contribution in [2.45, 2.75) is 0 Å². The van der Waals surface area contributed by atoms with E-state index in [4.69, 9.17) is 0 Å². The van der Waals surface area contributed by atoms with Crippen molar-refractivity contribution in [1.82, 2.24) is 0 Å². The average molecular weight is 294 g/mol. The van der Waals surface area contributed by atoms with E-state index in [-0.39, 0.29) is 6.07 Å². The van der Waals surface area contributed by atoms with Gasteiger partial charge in [0.15, 0.2) is 0 Å². The van der Waals surface area contributed by atoms with Gasteiger partial charge in [0, 0.05) is 5.82 Å². The van der Waals surface area contributed by atoms with Gasteiger partial charge in [0.1, 0.15) is 0 Å². The molecule has 62 valence electrons. The topological polar surface area (TPSA) is 0 Å². The van der Waals surface area contributed by atoms with E-state index >= 15 is 0 Å². The van der Waals surface area contributed by atoms with Crippen LogP contribution in [0.1, 0.15) is 0 Å². The van der Waals surface area contributed by atoms with Crippen LogP contribution in [-0.2, 0) is 16.3 Å². The molecule has 0 aromatic heterocycles. The van der Waals surface area contributed by atoms with Crippen molar-refractivity contribution in [3.05, 3.63) is 35.4 Å². The van der Waals surface area contributed by atoms with Crippen LogP contribution in [0.25, 0.3) is 0 Å². The zero-order chi connectivity index (χ0) is 9.72. The Morgan fingerprint density at radius 3 is 2.08 bits per heavy atom. The van der Waals surface area contributed by atoms with Crippen molar-refractivity contribution in [2.75, 3.05) is 0 Å². The molecule has 0 atom stereocenters. The van der Waals surface area contributed by atoms with Gasteiger partial charge in [0.05, 0.1) is 17.5 Å². The van der Waals surface area contributed by atoms with Crippen molar-refractivity contribution in [2.24, 2.45) is 0 Å². The quantitative estimate of drug-likeness (QED) is 0.227. The fraction of sp³-hybridized carbons (Fsp3) is 0. The third-order valence-corrected chi connectivity index (χ3v) is 0.885. The molecule has 0 aliphatic heterocycles. The molecule has 0 N–H and O–H groups in total. The second kappa shape index (κ2) is 5.65. The summed E-state index contributed by atoms with van der Waals surface area (Å²) in [4.78, 5) is 0. The molecule has 0 aliphatic carbocycles. The van der Waals surface area contributed by atoms with Gasteiger partial charge in [-0.25, -0.2) is 13.2 Å². The molecule has 0 radical (unpaired) electrons. The van der Waals surface area contributed by atoms with Gasteiger partial charge < -0.3 is 0 Å². The van der Waals surface area contributed by atoms with Crippen LogP contribution >= 0.6 is 13.6 Å². The summed E-state index contributed by atoms with van der Waals surface area (Å²) in [7, 11) is 0. The Hall–Kier alpha value is 0.0434. The first-order chi connectivity index (χ1) is 5.61. The molecule has 0 heterocycles. The number of rotatable bonds is 0. The summed E-state index contributed by atoms with van der Waals surface area (Å²) in [6.45, 7) is 0. The van der Waals surface area contributed by atoms with Crippen LogP contribution in [0, 0.1) is 29.3 Å². The molecular weight excluding hydrogens is 293 g/mol. The van der Waals surface area contributed by atoms with E-state index in [0.717, 1.165) is 0 Å². The number of benzene rings is 1. The van der Waals surface area contributed by atoms with Crippen molar-refractivity contribution >= 4 is 13.6 Å². The predicted molar refractivity (Wildman–Crippen MR) is 34.0 cm³/mol. The van der Waals surface area contributed by atoms with Crippen LogP contribution in [0.2, 0.25) is 0 Å². The summed E-state index contributed by atoms with van der Waals surface area (Å²) < 4.78 is 47.8. The Morgan fingerprint density at radius 1 is 1.17 bits per heavy atom. The van der Waals surface area contributed by atoms with Crippen LogP contribution in [0.3, 0.4) is 0 Å². The normalized spacial score (nSPS) is 8.92. The summed E-state index contributed by atoms with van der Waals surface area (Å²) in [5, 5.41) is 0. The first-order valence-corrected chi connectivity index (χ1v) is 9.55. The van der Waals surface area contributed by atoms with E-state index in [9.17, 15) is 17.6 Å². The van der Waals surface area contributed by atoms with Gasteiger partial charge >= 0.3 is 30.0 Å². The standard InChI is InChI=1S/C6HF4.BrH.Zn/c7-3-1-4(8)6(10)5(9)2-3;;/h1H;1H;/q-1;;+2/p-1. The van der Waals surface area contributed by atoms with Crippen LogP contribution in [0.15, 0.2) is 6.07 Å². The van der Waals surface area contributed by atoms with E-state index in [1.54, 1.807) is 0 Å². The summed E-state index contributed by atoms with van der Waals surface area (Å²) in [6, 6.07) is 1.55. The SMILES string of the molecule is Fc1[c-]c(F)c(F)c(F)c1.[Zn+][Br]. The van der Waals surface area contributed by atoms with Gasteiger partial charge in [-0.1, -0.05) is 6.07 Å². The monoisotopic (exact) mass is 292 g/mol. The molecule has 1 rings (SSSR count). The van der Waals surface area contributed by atoms with Gasteiger partial charge in [-0.3, -0.25) is 4.39 Å². The van der Waals surface area contributed by atoms with E-state index in [2.05, 4.69) is 13.6 Å². The Bertz CT molecular complexity index is 243. The Labute approximate surface area is 83.0 Å². The molecule has 0 unspecified atom stereocenters. The second-order valence-corrected chi connectivity index (χ2v) is 1.59. The molecule has 0 bridgehead atoms. The van der Waals surface area contributed by atoms with E-state index in [1.165, 1.54) is 22.4 Å². The molecule has 0 fully saturated rings. The molecule has 6 heteroatoms. The molecule has 0 nitrogen and oxygen atoms in total. The Kier molecular flexibility index (Phi) is 5.67. The molecule has 12 heavy (non-hydrogen) atoms. The molecule has 0 saturated carbocycles. The molecular formula is C6HBrF4Zn.